The summed E-state index contributed by atoms with van der Waals surface area (Å²) in [5, 5.41) is 2.07. The van der Waals surface area contributed by atoms with E-state index >= 15 is 0 Å². The fourth-order valence-corrected chi connectivity index (χ4v) is 2.39. The van der Waals surface area contributed by atoms with Crippen LogP contribution in [0.25, 0.3) is 6.08 Å². The minimum Gasteiger partial charge on any atom is -0.493 e. The number of nitrogens with one attached hydrogen (secondary N) is 1. The third-order valence-corrected chi connectivity index (χ3v) is 3.93. The third kappa shape index (κ3) is 6.30. The molecule has 1 atom stereocenters. The summed E-state index contributed by atoms with van der Waals surface area (Å²) in [6, 6.07) is 8.32. The lowest BCUT2D eigenvalue weighted by Gasteiger charge is -2.13. The molecule has 0 bridgehead atoms. The highest BCUT2D eigenvalue weighted by Gasteiger charge is 2.20. The van der Waals surface area contributed by atoms with Crippen LogP contribution in [0.5, 0.6) is 11.5 Å². The van der Waals surface area contributed by atoms with Crippen molar-refractivity contribution in [1.29, 1.82) is 0 Å². The third-order valence-electron chi connectivity index (χ3n) is 3.93. The van der Waals surface area contributed by atoms with Crippen LogP contribution in [-0.2, 0) is 14.3 Å². The Morgan fingerprint density at radius 3 is 2.47 bits per heavy atom. The molecule has 0 aliphatic heterocycles. The number of carbonyl (C=O) groups excluding carboxylic acids is 2. The van der Waals surface area contributed by atoms with Crippen LogP contribution in [0.3, 0.4) is 0 Å². The SMILES string of the molecule is CCCOc1ccc(/C=C/C(=O)O[C@@H](C)C(=O)Nc2c(F)cccc2F)cc1OC. The Morgan fingerprint density at radius 1 is 1.13 bits per heavy atom. The van der Waals surface area contributed by atoms with E-state index < -0.39 is 35.3 Å². The van der Waals surface area contributed by atoms with Crippen molar-refractivity contribution < 1.29 is 32.6 Å². The van der Waals surface area contributed by atoms with Gasteiger partial charge in [0, 0.05) is 6.08 Å². The molecule has 0 unspecified atom stereocenters. The number of hydrogen-bond donors (Lipinski definition) is 1. The maximum atomic E-state index is 13.6. The topological polar surface area (TPSA) is 73.9 Å². The largest absolute Gasteiger partial charge is 0.493 e. The first kappa shape index (κ1) is 22.9. The van der Waals surface area contributed by atoms with Gasteiger partial charge in [-0.2, -0.15) is 0 Å². The number of para-hydroxylation sites is 1. The molecule has 6 nitrogen and oxygen atoms in total. The van der Waals surface area contributed by atoms with Gasteiger partial charge in [-0.15, -0.1) is 0 Å². The first-order chi connectivity index (χ1) is 14.3. The lowest BCUT2D eigenvalue weighted by Crippen LogP contribution is -2.30. The van der Waals surface area contributed by atoms with Crippen LogP contribution in [0.1, 0.15) is 25.8 Å². The summed E-state index contributed by atoms with van der Waals surface area (Å²) in [6.07, 6.45) is 2.21. The Balaban J connectivity index is 1.97. The molecule has 0 aromatic heterocycles. The Labute approximate surface area is 173 Å². The fraction of sp³-hybridized carbons (Fsp3) is 0.273. The Hall–Kier alpha value is -3.42. The highest BCUT2D eigenvalue weighted by molar-refractivity contribution is 5.96. The second kappa shape index (κ2) is 10.9. The van der Waals surface area contributed by atoms with Gasteiger partial charge in [0.25, 0.3) is 5.91 Å². The number of amides is 1. The average Bonchev–Trinajstić information content (AvgIpc) is 2.73. The van der Waals surface area contributed by atoms with E-state index in [2.05, 4.69) is 5.32 Å². The van der Waals surface area contributed by atoms with E-state index in [0.29, 0.717) is 23.7 Å². The van der Waals surface area contributed by atoms with Crippen molar-refractivity contribution >= 4 is 23.6 Å². The van der Waals surface area contributed by atoms with Gasteiger partial charge < -0.3 is 19.5 Å². The summed E-state index contributed by atoms with van der Waals surface area (Å²) in [4.78, 5) is 24.0. The van der Waals surface area contributed by atoms with E-state index in [-0.39, 0.29) is 0 Å². The molecule has 2 aromatic rings. The summed E-state index contributed by atoms with van der Waals surface area (Å²) in [7, 11) is 1.51. The van der Waals surface area contributed by atoms with Crippen LogP contribution in [0.2, 0.25) is 0 Å². The van der Waals surface area contributed by atoms with Gasteiger partial charge in [0.15, 0.2) is 17.6 Å². The van der Waals surface area contributed by atoms with Gasteiger partial charge >= 0.3 is 5.97 Å². The van der Waals surface area contributed by atoms with E-state index in [0.717, 1.165) is 24.6 Å². The molecule has 8 heteroatoms. The van der Waals surface area contributed by atoms with E-state index in [4.69, 9.17) is 14.2 Å². The molecule has 160 valence electrons. The van der Waals surface area contributed by atoms with Crippen molar-refractivity contribution in [3.63, 3.8) is 0 Å². The van der Waals surface area contributed by atoms with Gasteiger partial charge in [-0.25, -0.2) is 13.6 Å². The second-order valence-electron chi connectivity index (χ2n) is 6.26. The van der Waals surface area contributed by atoms with Gasteiger partial charge in [0.1, 0.15) is 17.3 Å². The number of rotatable bonds is 9. The number of carbonyl (C=O) groups is 2. The molecule has 0 saturated carbocycles. The average molecular weight is 419 g/mol. The Bertz CT molecular complexity index is 909. The molecule has 0 radical (unpaired) electrons. The summed E-state index contributed by atoms with van der Waals surface area (Å²) < 4.78 is 43.0. The molecule has 0 spiro atoms. The lowest BCUT2D eigenvalue weighted by atomic mass is 10.2. The zero-order valence-corrected chi connectivity index (χ0v) is 16.9. The van der Waals surface area contributed by atoms with Crippen molar-refractivity contribution in [2.45, 2.75) is 26.4 Å². The number of halogens is 2. The van der Waals surface area contributed by atoms with Gasteiger partial charge in [0.05, 0.1) is 13.7 Å². The minimum atomic E-state index is -1.26. The predicted octanol–water partition coefficient (Wildman–Crippen LogP) is 4.35. The summed E-state index contributed by atoms with van der Waals surface area (Å²) in [6.45, 7) is 3.83. The first-order valence-electron chi connectivity index (χ1n) is 9.30. The monoisotopic (exact) mass is 419 g/mol. The van der Waals surface area contributed by atoms with Crippen LogP contribution in [0.4, 0.5) is 14.5 Å². The maximum absolute atomic E-state index is 13.6. The fourth-order valence-electron chi connectivity index (χ4n) is 2.39. The van der Waals surface area contributed by atoms with Crippen molar-refractivity contribution in [1.82, 2.24) is 0 Å². The van der Waals surface area contributed by atoms with Crippen LogP contribution in [0, 0.1) is 11.6 Å². The quantitative estimate of drug-likeness (QED) is 0.483. The van der Waals surface area contributed by atoms with Crippen molar-refractivity contribution in [3.8, 4) is 11.5 Å². The summed E-state index contributed by atoms with van der Waals surface area (Å²) >= 11 is 0. The molecule has 0 saturated heterocycles. The molecule has 2 aromatic carbocycles. The highest BCUT2D eigenvalue weighted by Crippen LogP contribution is 2.28. The van der Waals surface area contributed by atoms with E-state index in [1.54, 1.807) is 18.2 Å². The molecule has 0 fully saturated rings. The van der Waals surface area contributed by atoms with Crippen molar-refractivity contribution in [3.05, 3.63) is 59.7 Å². The smallest absolute Gasteiger partial charge is 0.331 e. The standard InChI is InChI=1S/C22H23F2NO5/c1-4-12-29-18-10-8-15(13-19(18)28-3)9-11-20(26)30-14(2)22(27)25-21-16(23)6-5-7-17(21)24/h5-11,13-14H,4,12H2,1-3H3,(H,25,27)/b11-9+/t14-/m0/s1. The Kier molecular flexibility index (Phi) is 8.34. The predicted molar refractivity (Wildman–Crippen MR) is 108 cm³/mol. The molecule has 2 rings (SSSR count). The number of hydrogen-bond acceptors (Lipinski definition) is 5. The van der Waals surface area contributed by atoms with Crippen LogP contribution < -0.4 is 14.8 Å². The van der Waals surface area contributed by atoms with Crippen molar-refractivity contribution in [2.75, 3.05) is 19.0 Å². The van der Waals surface area contributed by atoms with Crippen LogP contribution in [0.15, 0.2) is 42.5 Å². The number of methoxy groups -OCH3 is 1. The van der Waals surface area contributed by atoms with Gasteiger partial charge in [-0.3, -0.25) is 4.79 Å². The number of esters is 1. The maximum Gasteiger partial charge on any atom is 0.331 e. The van der Waals surface area contributed by atoms with Gasteiger partial charge in [-0.1, -0.05) is 19.1 Å². The zero-order chi connectivity index (χ0) is 22.1. The molecular formula is C22H23F2NO5. The van der Waals surface area contributed by atoms with E-state index in [1.807, 2.05) is 6.92 Å². The lowest BCUT2D eigenvalue weighted by molar-refractivity contribution is -0.148. The minimum absolute atomic E-state index is 0.513. The summed E-state index contributed by atoms with van der Waals surface area (Å²) in [5.74, 6) is -2.41. The highest BCUT2D eigenvalue weighted by atomic mass is 19.1. The summed E-state index contributed by atoms with van der Waals surface area (Å²) in [5.41, 5.74) is 0.0524. The number of benzene rings is 2. The number of ether oxygens (including phenoxy) is 3. The van der Waals surface area contributed by atoms with Crippen molar-refractivity contribution in [2.24, 2.45) is 0 Å². The molecule has 1 amide bonds. The molecule has 1 N–H and O–H groups in total. The van der Waals surface area contributed by atoms with E-state index in [1.165, 1.54) is 26.2 Å². The van der Waals surface area contributed by atoms with Gasteiger partial charge in [0.2, 0.25) is 0 Å². The van der Waals surface area contributed by atoms with E-state index in [9.17, 15) is 18.4 Å². The Morgan fingerprint density at radius 2 is 1.83 bits per heavy atom. The molecule has 0 heterocycles. The van der Waals surface area contributed by atoms with Crippen LogP contribution in [-0.4, -0.2) is 31.7 Å². The zero-order valence-electron chi connectivity index (χ0n) is 16.9. The van der Waals surface area contributed by atoms with Crippen LogP contribution >= 0.6 is 0 Å². The second-order valence-corrected chi connectivity index (χ2v) is 6.26. The molecule has 30 heavy (non-hydrogen) atoms. The first-order valence-corrected chi connectivity index (χ1v) is 9.30. The molecule has 0 aliphatic carbocycles. The normalized spacial score (nSPS) is 11.8. The number of anilines is 1. The molecule has 0 aliphatic rings. The molecular weight excluding hydrogens is 396 g/mol. The van der Waals surface area contributed by atoms with Gasteiger partial charge in [-0.05, 0) is 49.2 Å².